The summed E-state index contributed by atoms with van der Waals surface area (Å²) >= 11 is 0. The number of rotatable bonds is 3. The van der Waals surface area contributed by atoms with Gasteiger partial charge in [0.2, 0.25) is 5.88 Å². The van der Waals surface area contributed by atoms with Crippen molar-refractivity contribution in [1.29, 1.82) is 5.26 Å². The Morgan fingerprint density at radius 1 is 1.37 bits per heavy atom. The van der Waals surface area contributed by atoms with Crippen LogP contribution in [-0.2, 0) is 0 Å². The fraction of sp³-hybridized carbons (Fsp3) is 0. The number of carboxylic acid groups (broad SMARTS) is 1. The van der Waals surface area contributed by atoms with Gasteiger partial charge in [0.15, 0.2) is 0 Å². The van der Waals surface area contributed by atoms with Gasteiger partial charge >= 0.3 is 5.97 Å². The summed E-state index contributed by atoms with van der Waals surface area (Å²) in [6.07, 6.45) is 1.27. The molecule has 1 heterocycles. The van der Waals surface area contributed by atoms with E-state index >= 15 is 0 Å². The summed E-state index contributed by atoms with van der Waals surface area (Å²) in [4.78, 5) is 14.8. The van der Waals surface area contributed by atoms with Crippen LogP contribution in [0.2, 0.25) is 0 Å². The third-order valence-corrected chi connectivity index (χ3v) is 2.27. The molecular weight excluding hydrogens is 251 g/mol. The zero-order valence-corrected chi connectivity index (χ0v) is 9.50. The molecule has 5 nitrogen and oxygen atoms in total. The predicted octanol–water partition coefficient (Wildman–Crippen LogP) is 2.58. The molecule has 2 aromatic rings. The van der Waals surface area contributed by atoms with Crippen molar-refractivity contribution >= 4 is 5.97 Å². The van der Waals surface area contributed by atoms with Crippen LogP contribution in [0, 0.1) is 17.1 Å². The highest BCUT2D eigenvalue weighted by Gasteiger charge is 2.17. The first kappa shape index (κ1) is 12.5. The number of hydrogen-bond acceptors (Lipinski definition) is 4. The second-order valence-electron chi connectivity index (χ2n) is 3.52. The van der Waals surface area contributed by atoms with Gasteiger partial charge in [0, 0.05) is 12.3 Å². The third-order valence-electron chi connectivity index (χ3n) is 2.27. The summed E-state index contributed by atoms with van der Waals surface area (Å²) < 4.78 is 18.6. The van der Waals surface area contributed by atoms with E-state index in [1.165, 1.54) is 30.5 Å². The van der Waals surface area contributed by atoms with Gasteiger partial charge < -0.3 is 9.84 Å². The molecule has 1 aromatic carbocycles. The molecule has 94 valence electrons. The molecule has 0 spiro atoms. The number of aromatic carboxylic acids is 1. The van der Waals surface area contributed by atoms with Gasteiger partial charge in [0.1, 0.15) is 23.2 Å². The molecule has 0 atom stereocenters. The summed E-state index contributed by atoms with van der Waals surface area (Å²) in [6, 6.07) is 8.43. The lowest BCUT2D eigenvalue weighted by Gasteiger charge is -2.08. The number of nitriles is 1. The van der Waals surface area contributed by atoms with Crippen LogP contribution in [0.1, 0.15) is 15.9 Å². The Labute approximate surface area is 107 Å². The fourth-order valence-corrected chi connectivity index (χ4v) is 1.42. The Bertz CT molecular complexity index is 663. The van der Waals surface area contributed by atoms with Crippen molar-refractivity contribution in [3.05, 3.63) is 53.5 Å². The van der Waals surface area contributed by atoms with Crippen LogP contribution in [0.15, 0.2) is 36.5 Å². The summed E-state index contributed by atoms with van der Waals surface area (Å²) in [5.74, 6) is -2.39. The monoisotopic (exact) mass is 258 g/mol. The molecule has 0 unspecified atom stereocenters. The van der Waals surface area contributed by atoms with Crippen molar-refractivity contribution < 1.29 is 19.0 Å². The van der Waals surface area contributed by atoms with Crippen molar-refractivity contribution in [1.82, 2.24) is 4.98 Å². The Morgan fingerprint density at radius 3 is 2.74 bits per heavy atom. The minimum Gasteiger partial charge on any atom is -0.477 e. The highest BCUT2D eigenvalue weighted by molar-refractivity contribution is 5.91. The van der Waals surface area contributed by atoms with E-state index in [2.05, 4.69) is 4.98 Å². The molecule has 0 radical (unpaired) electrons. The van der Waals surface area contributed by atoms with Crippen LogP contribution in [0.4, 0.5) is 4.39 Å². The van der Waals surface area contributed by atoms with E-state index in [0.717, 1.165) is 6.07 Å². The number of ether oxygens (including phenoxy) is 1. The van der Waals surface area contributed by atoms with Crippen LogP contribution < -0.4 is 4.74 Å². The van der Waals surface area contributed by atoms with Gasteiger partial charge in [-0.2, -0.15) is 5.26 Å². The van der Waals surface area contributed by atoms with Gasteiger partial charge in [0.25, 0.3) is 0 Å². The van der Waals surface area contributed by atoms with Crippen molar-refractivity contribution in [2.45, 2.75) is 0 Å². The smallest absolute Gasteiger partial charge is 0.342 e. The first-order valence-electron chi connectivity index (χ1n) is 5.17. The Balaban J connectivity index is 2.35. The normalized spacial score (nSPS) is 9.68. The van der Waals surface area contributed by atoms with E-state index in [-0.39, 0.29) is 11.6 Å². The van der Waals surface area contributed by atoms with E-state index in [4.69, 9.17) is 15.1 Å². The van der Waals surface area contributed by atoms with Crippen LogP contribution in [-0.4, -0.2) is 16.1 Å². The average Bonchev–Trinajstić information content (AvgIpc) is 2.39. The zero-order valence-electron chi connectivity index (χ0n) is 9.50. The van der Waals surface area contributed by atoms with Gasteiger partial charge in [0.05, 0.1) is 5.56 Å². The number of hydrogen-bond donors (Lipinski definition) is 1. The van der Waals surface area contributed by atoms with E-state index in [1.807, 2.05) is 6.07 Å². The second-order valence-corrected chi connectivity index (χ2v) is 3.52. The van der Waals surface area contributed by atoms with Gasteiger partial charge in [-0.05, 0) is 18.2 Å². The van der Waals surface area contributed by atoms with E-state index < -0.39 is 17.3 Å². The zero-order chi connectivity index (χ0) is 13.8. The lowest BCUT2D eigenvalue weighted by molar-refractivity contribution is 0.0689. The van der Waals surface area contributed by atoms with Crippen molar-refractivity contribution in [3.63, 3.8) is 0 Å². The lowest BCUT2D eigenvalue weighted by Crippen LogP contribution is -2.03. The molecule has 0 fully saturated rings. The topological polar surface area (TPSA) is 83.2 Å². The number of carboxylic acids is 1. The molecule has 0 bridgehead atoms. The van der Waals surface area contributed by atoms with E-state index in [0.29, 0.717) is 5.56 Å². The standard InChI is InChI=1S/C13H7FN2O3/c14-9-2-1-3-10(12(9)13(17)18)19-11-5-4-8(6-15)7-16-11/h1-5,7H,(H,17,18). The largest absolute Gasteiger partial charge is 0.477 e. The maximum atomic E-state index is 13.4. The third kappa shape index (κ3) is 2.66. The molecule has 1 N–H and O–H groups in total. The summed E-state index contributed by atoms with van der Waals surface area (Å²) in [6.45, 7) is 0. The van der Waals surface area contributed by atoms with Crippen molar-refractivity contribution in [2.75, 3.05) is 0 Å². The number of pyridine rings is 1. The predicted molar refractivity (Wildman–Crippen MR) is 62.4 cm³/mol. The van der Waals surface area contributed by atoms with Gasteiger partial charge in [-0.25, -0.2) is 14.2 Å². The van der Waals surface area contributed by atoms with Gasteiger partial charge in [-0.3, -0.25) is 0 Å². The number of carbonyl (C=O) groups is 1. The molecule has 19 heavy (non-hydrogen) atoms. The van der Waals surface area contributed by atoms with Crippen molar-refractivity contribution in [3.8, 4) is 17.7 Å². The van der Waals surface area contributed by atoms with Gasteiger partial charge in [-0.15, -0.1) is 0 Å². The number of benzene rings is 1. The summed E-state index contributed by atoms with van der Waals surface area (Å²) in [5.41, 5.74) is -0.223. The number of nitrogens with zero attached hydrogens (tertiary/aromatic N) is 2. The molecule has 1 aromatic heterocycles. The number of halogens is 1. The Morgan fingerprint density at radius 2 is 2.16 bits per heavy atom. The van der Waals surface area contributed by atoms with E-state index in [9.17, 15) is 9.18 Å². The molecule has 6 heteroatoms. The molecule has 0 aliphatic carbocycles. The van der Waals surface area contributed by atoms with Crippen molar-refractivity contribution in [2.24, 2.45) is 0 Å². The Hall–Kier alpha value is -2.94. The maximum Gasteiger partial charge on any atom is 0.342 e. The van der Waals surface area contributed by atoms with Crippen LogP contribution >= 0.6 is 0 Å². The maximum absolute atomic E-state index is 13.4. The lowest BCUT2D eigenvalue weighted by atomic mass is 10.2. The number of aromatic nitrogens is 1. The minimum atomic E-state index is -1.43. The van der Waals surface area contributed by atoms with Crippen LogP contribution in [0.5, 0.6) is 11.6 Å². The summed E-state index contributed by atoms with van der Waals surface area (Å²) in [5, 5.41) is 17.5. The molecular formula is C13H7FN2O3. The quantitative estimate of drug-likeness (QED) is 0.914. The van der Waals surface area contributed by atoms with Gasteiger partial charge in [-0.1, -0.05) is 6.07 Å². The first-order chi connectivity index (χ1) is 9.11. The average molecular weight is 258 g/mol. The highest BCUT2D eigenvalue weighted by Crippen LogP contribution is 2.26. The molecule has 0 saturated carbocycles. The van der Waals surface area contributed by atoms with Crippen LogP contribution in [0.25, 0.3) is 0 Å². The second kappa shape index (κ2) is 5.14. The molecule has 0 saturated heterocycles. The SMILES string of the molecule is N#Cc1ccc(Oc2cccc(F)c2C(=O)O)nc1. The molecule has 0 amide bonds. The minimum absolute atomic E-state index is 0.0760. The molecule has 0 aliphatic heterocycles. The fourth-order valence-electron chi connectivity index (χ4n) is 1.42. The highest BCUT2D eigenvalue weighted by atomic mass is 19.1. The Kier molecular flexibility index (Phi) is 3.39. The van der Waals surface area contributed by atoms with Crippen LogP contribution in [0.3, 0.4) is 0 Å². The summed E-state index contributed by atoms with van der Waals surface area (Å²) in [7, 11) is 0. The first-order valence-corrected chi connectivity index (χ1v) is 5.17. The molecule has 2 rings (SSSR count). The van der Waals surface area contributed by atoms with E-state index in [1.54, 1.807) is 0 Å². The molecule has 0 aliphatic rings.